The molecule has 13 heavy (non-hydrogen) atoms. The van der Waals surface area contributed by atoms with E-state index in [0.717, 1.165) is 0 Å². The summed E-state index contributed by atoms with van der Waals surface area (Å²) in [5.74, 6) is -1.20. The Morgan fingerprint density at radius 1 is 1.38 bits per heavy atom. The average Bonchev–Trinajstić information content (AvgIpc) is 2.15. The first-order valence-corrected chi connectivity index (χ1v) is 3.71. The van der Waals surface area contributed by atoms with Gasteiger partial charge in [0.05, 0.1) is 6.61 Å². The van der Waals surface area contributed by atoms with Crippen LogP contribution < -0.4 is 0 Å². The fraction of sp³-hybridized carbons (Fsp3) is 0.714. The lowest BCUT2D eigenvalue weighted by Gasteiger charge is -2.30. The summed E-state index contributed by atoms with van der Waals surface area (Å²) in [6.45, 7) is -0.474. The molecular formula is C7H12O6. The summed E-state index contributed by atoms with van der Waals surface area (Å²) in [6.07, 6.45) is -3.54. The van der Waals surface area contributed by atoms with Gasteiger partial charge in [-0.2, -0.15) is 0 Å². The SMILES string of the molecule is CO[C@H]1O[C@H](CO)[C@@H](O)C(O)=C1O. The summed E-state index contributed by atoms with van der Waals surface area (Å²) >= 11 is 0. The number of ether oxygens (including phenoxy) is 2. The van der Waals surface area contributed by atoms with Crippen LogP contribution in [0.5, 0.6) is 0 Å². The maximum absolute atomic E-state index is 9.21. The van der Waals surface area contributed by atoms with Crippen molar-refractivity contribution < 1.29 is 29.9 Å². The van der Waals surface area contributed by atoms with E-state index in [1.165, 1.54) is 7.11 Å². The number of aliphatic hydroxyl groups is 4. The van der Waals surface area contributed by atoms with Crippen molar-refractivity contribution in [1.29, 1.82) is 0 Å². The van der Waals surface area contributed by atoms with Crippen LogP contribution in [-0.4, -0.2) is 52.6 Å². The van der Waals surface area contributed by atoms with Crippen molar-refractivity contribution in [3.05, 3.63) is 11.5 Å². The molecule has 1 rings (SSSR count). The Labute approximate surface area is 74.6 Å². The second kappa shape index (κ2) is 3.93. The van der Waals surface area contributed by atoms with E-state index in [1.807, 2.05) is 0 Å². The van der Waals surface area contributed by atoms with Gasteiger partial charge in [-0.25, -0.2) is 0 Å². The molecule has 0 fully saturated rings. The van der Waals surface area contributed by atoms with Crippen LogP contribution in [0.2, 0.25) is 0 Å². The van der Waals surface area contributed by atoms with Crippen molar-refractivity contribution in [3.63, 3.8) is 0 Å². The highest BCUT2D eigenvalue weighted by Crippen LogP contribution is 2.23. The second-order valence-corrected chi connectivity index (χ2v) is 2.64. The molecule has 0 spiro atoms. The van der Waals surface area contributed by atoms with Crippen LogP contribution in [0.4, 0.5) is 0 Å². The molecular weight excluding hydrogens is 180 g/mol. The van der Waals surface area contributed by atoms with E-state index in [4.69, 9.17) is 20.1 Å². The molecule has 0 saturated heterocycles. The van der Waals surface area contributed by atoms with Gasteiger partial charge < -0.3 is 29.9 Å². The number of hydrogen-bond donors (Lipinski definition) is 4. The fourth-order valence-electron chi connectivity index (χ4n) is 1.06. The summed E-state index contributed by atoms with van der Waals surface area (Å²) < 4.78 is 9.53. The van der Waals surface area contributed by atoms with Crippen molar-refractivity contribution in [3.8, 4) is 0 Å². The number of methoxy groups -OCH3 is 1. The Morgan fingerprint density at radius 2 is 2.00 bits per heavy atom. The predicted octanol–water partition coefficient (Wildman–Crippen LogP) is -0.962. The molecule has 0 bridgehead atoms. The third kappa shape index (κ3) is 1.75. The smallest absolute Gasteiger partial charge is 0.220 e. The lowest BCUT2D eigenvalue weighted by molar-refractivity contribution is -0.200. The Morgan fingerprint density at radius 3 is 2.46 bits per heavy atom. The lowest BCUT2D eigenvalue weighted by Crippen LogP contribution is -2.43. The van der Waals surface area contributed by atoms with Gasteiger partial charge in [-0.05, 0) is 0 Å². The molecule has 1 heterocycles. The summed E-state index contributed by atoms with van der Waals surface area (Å²) in [6, 6.07) is 0. The van der Waals surface area contributed by atoms with Gasteiger partial charge in [0.2, 0.25) is 6.29 Å². The van der Waals surface area contributed by atoms with E-state index < -0.39 is 36.6 Å². The van der Waals surface area contributed by atoms with Crippen LogP contribution in [0, 0.1) is 0 Å². The Kier molecular flexibility index (Phi) is 3.10. The second-order valence-electron chi connectivity index (χ2n) is 2.64. The molecule has 0 radical (unpaired) electrons. The van der Waals surface area contributed by atoms with Crippen LogP contribution in [0.1, 0.15) is 0 Å². The van der Waals surface area contributed by atoms with Crippen LogP contribution in [0.25, 0.3) is 0 Å². The van der Waals surface area contributed by atoms with Crippen molar-refractivity contribution in [2.24, 2.45) is 0 Å². The van der Waals surface area contributed by atoms with Crippen molar-refractivity contribution in [2.75, 3.05) is 13.7 Å². The van der Waals surface area contributed by atoms with Gasteiger partial charge in [0.25, 0.3) is 0 Å². The van der Waals surface area contributed by atoms with Crippen LogP contribution >= 0.6 is 0 Å². The van der Waals surface area contributed by atoms with E-state index in [1.54, 1.807) is 0 Å². The standard InChI is InChI=1S/C7H12O6/c1-12-7-6(11)5(10)4(9)3(2-8)13-7/h3-4,7-11H,2H2,1H3/t3-,4-,7+/m1/s1. The van der Waals surface area contributed by atoms with Gasteiger partial charge in [0.15, 0.2) is 11.5 Å². The van der Waals surface area contributed by atoms with E-state index >= 15 is 0 Å². The first-order valence-electron chi connectivity index (χ1n) is 3.71. The molecule has 0 aromatic carbocycles. The molecule has 0 aliphatic carbocycles. The maximum atomic E-state index is 9.21. The minimum absolute atomic E-state index is 0.474. The molecule has 0 saturated carbocycles. The zero-order valence-electron chi connectivity index (χ0n) is 7.04. The zero-order chi connectivity index (χ0) is 10.0. The van der Waals surface area contributed by atoms with Crippen LogP contribution in [0.15, 0.2) is 11.5 Å². The van der Waals surface area contributed by atoms with Gasteiger partial charge in [0, 0.05) is 7.11 Å². The Bertz CT molecular complexity index is 213. The minimum Gasteiger partial charge on any atom is -0.506 e. The maximum Gasteiger partial charge on any atom is 0.220 e. The summed E-state index contributed by atoms with van der Waals surface area (Å²) in [5.41, 5.74) is 0. The normalized spacial score (nSPS) is 35.2. The van der Waals surface area contributed by atoms with Crippen molar-refractivity contribution in [2.45, 2.75) is 18.5 Å². The molecule has 4 N–H and O–H groups in total. The first kappa shape index (κ1) is 10.3. The van der Waals surface area contributed by atoms with E-state index in [9.17, 15) is 5.11 Å². The van der Waals surface area contributed by atoms with Crippen molar-refractivity contribution >= 4 is 0 Å². The molecule has 0 aromatic rings. The summed E-state index contributed by atoms with van der Waals surface area (Å²) in [4.78, 5) is 0. The number of aliphatic hydroxyl groups excluding tert-OH is 4. The molecule has 0 aromatic heterocycles. The lowest BCUT2D eigenvalue weighted by atomic mass is 10.1. The highest BCUT2D eigenvalue weighted by molar-refractivity contribution is 5.12. The summed E-state index contributed by atoms with van der Waals surface area (Å²) in [7, 11) is 1.26. The molecule has 0 amide bonds. The van der Waals surface area contributed by atoms with Gasteiger partial charge >= 0.3 is 0 Å². The Balaban J connectivity index is 2.86. The largest absolute Gasteiger partial charge is 0.506 e. The topological polar surface area (TPSA) is 99.4 Å². The molecule has 6 heteroatoms. The van der Waals surface area contributed by atoms with Crippen LogP contribution in [0.3, 0.4) is 0 Å². The fourth-order valence-corrected chi connectivity index (χ4v) is 1.06. The molecule has 6 nitrogen and oxygen atoms in total. The molecule has 3 atom stereocenters. The highest BCUT2D eigenvalue weighted by Gasteiger charge is 2.37. The molecule has 0 unspecified atom stereocenters. The van der Waals surface area contributed by atoms with Gasteiger partial charge in [-0.1, -0.05) is 0 Å². The number of rotatable bonds is 2. The molecule has 76 valence electrons. The van der Waals surface area contributed by atoms with Crippen LogP contribution in [-0.2, 0) is 9.47 Å². The van der Waals surface area contributed by atoms with E-state index in [2.05, 4.69) is 4.74 Å². The number of hydrogen-bond acceptors (Lipinski definition) is 6. The third-order valence-corrected chi connectivity index (χ3v) is 1.81. The Hall–Kier alpha value is -0.820. The van der Waals surface area contributed by atoms with E-state index in [-0.39, 0.29) is 0 Å². The first-order chi connectivity index (χ1) is 6.11. The van der Waals surface area contributed by atoms with Gasteiger partial charge in [-0.3, -0.25) is 0 Å². The zero-order valence-corrected chi connectivity index (χ0v) is 7.04. The summed E-state index contributed by atoms with van der Waals surface area (Å²) in [5, 5.41) is 36.3. The van der Waals surface area contributed by atoms with E-state index in [0.29, 0.717) is 0 Å². The monoisotopic (exact) mass is 192 g/mol. The minimum atomic E-state index is -1.42. The highest BCUT2D eigenvalue weighted by atomic mass is 16.7. The molecule has 1 aliphatic rings. The quantitative estimate of drug-likeness (QED) is 0.449. The molecule has 1 aliphatic heterocycles. The van der Waals surface area contributed by atoms with Crippen molar-refractivity contribution in [1.82, 2.24) is 0 Å². The van der Waals surface area contributed by atoms with Gasteiger partial charge in [-0.15, -0.1) is 0 Å². The third-order valence-electron chi connectivity index (χ3n) is 1.81. The van der Waals surface area contributed by atoms with Gasteiger partial charge in [0.1, 0.15) is 12.2 Å². The average molecular weight is 192 g/mol. The predicted molar refractivity (Wildman–Crippen MR) is 41.0 cm³/mol.